The van der Waals surface area contributed by atoms with Gasteiger partial charge < -0.3 is 15.0 Å². The molecule has 4 nitrogen and oxygen atoms in total. The van der Waals surface area contributed by atoms with Crippen LogP contribution in [0.5, 0.6) is 5.75 Å². The van der Waals surface area contributed by atoms with Crippen molar-refractivity contribution in [3.63, 3.8) is 0 Å². The third kappa shape index (κ3) is 4.55. The van der Waals surface area contributed by atoms with E-state index in [-0.39, 0.29) is 5.82 Å². The van der Waals surface area contributed by atoms with E-state index in [2.05, 4.69) is 40.4 Å². The molecule has 1 fully saturated rings. The predicted octanol–water partition coefficient (Wildman–Crippen LogP) is 6.60. The molecular weight excluding hydrogens is 413 g/mol. The second kappa shape index (κ2) is 9.20. The smallest absolute Gasteiger partial charge is 0.128 e. The summed E-state index contributed by atoms with van der Waals surface area (Å²) in [4.78, 5) is 6.86. The molecule has 1 aliphatic heterocycles. The number of aromatic nitrogens is 1. The first-order valence-corrected chi connectivity index (χ1v) is 11.4. The summed E-state index contributed by atoms with van der Waals surface area (Å²) in [5.41, 5.74) is 5.56. The van der Waals surface area contributed by atoms with Crippen LogP contribution in [0, 0.1) is 5.82 Å². The maximum absolute atomic E-state index is 15.0. The molecule has 1 N–H and O–H groups in total. The topological polar surface area (TPSA) is 37.4 Å². The molecule has 1 aliphatic rings. The molecule has 3 aromatic carbocycles. The highest BCUT2D eigenvalue weighted by molar-refractivity contribution is 5.95. The fourth-order valence-electron chi connectivity index (χ4n) is 4.63. The number of nitrogens with zero attached hydrogens (tertiary/aromatic N) is 2. The Morgan fingerprint density at radius 1 is 0.939 bits per heavy atom. The minimum atomic E-state index is -0.130. The lowest BCUT2D eigenvalue weighted by atomic mass is 9.89. The molecule has 5 rings (SSSR count). The number of halogens is 1. The average Bonchev–Trinajstić information content (AvgIpc) is 2.85. The van der Waals surface area contributed by atoms with Crippen LogP contribution in [0.2, 0.25) is 0 Å². The zero-order valence-corrected chi connectivity index (χ0v) is 19.0. The molecule has 1 saturated heterocycles. The standard InChI is InChI=1S/C28H28FN3O/c1-32-15-12-20(13-16-32)24-10-6-22(18-26(24)29)31-27-11-14-30-28-17-21(5-9-25(27)28)19-3-7-23(33-2)8-4-19/h3-11,14,17-18,20H,12-13,15-16H2,1-2H3,(H,30,31). The van der Waals surface area contributed by atoms with Crippen molar-refractivity contribution in [2.45, 2.75) is 18.8 Å². The first-order chi connectivity index (χ1) is 16.1. The van der Waals surface area contributed by atoms with E-state index in [9.17, 15) is 4.39 Å². The monoisotopic (exact) mass is 441 g/mol. The van der Waals surface area contributed by atoms with Gasteiger partial charge in [0.15, 0.2) is 0 Å². The first kappa shape index (κ1) is 21.4. The Kier molecular flexibility index (Phi) is 5.97. The van der Waals surface area contributed by atoms with Crippen LogP contribution in [0.1, 0.15) is 24.3 Å². The summed E-state index contributed by atoms with van der Waals surface area (Å²) in [6.45, 7) is 2.04. The maximum atomic E-state index is 15.0. The van der Waals surface area contributed by atoms with E-state index in [1.54, 1.807) is 19.4 Å². The number of piperidine rings is 1. The van der Waals surface area contributed by atoms with Gasteiger partial charge in [0.1, 0.15) is 11.6 Å². The fourth-order valence-corrected chi connectivity index (χ4v) is 4.63. The Balaban J connectivity index is 1.39. The van der Waals surface area contributed by atoms with Crippen molar-refractivity contribution in [1.82, 2.24) is 9.88 Å². The molecule has 0 bridgehead atoms. The Bertz CT molecular complexity index is 1260. The molecule has 4 aromatic rings. The Labute approximate surface area is 194 Å². The summed E-state index contributed by atoms with van der Waals surface area (Å²) < 4.78 is 20.2. The van der Waals surface area contributed by atoms with E-state index < -0.39 is 0 Å². The number of anilines is 2. The van der Waals surface area contributed by atoms with Gasteiger partial charge in [-0.1, -0.05) is 30.3 Å². The van der Waals surface area contributed by atoms with Gasteiger partial charge in [0.25, 0.3) is 0 Å². The lowest BCUT2D eigenvalue weighted by molar-refractivity contribution is 0.253. The van der Waals surface area contributed by atoms with Gasteiger partial charge in [0.05, 0.1) is 12.6 Å². The van der Waals surface area contributed by atoms with Crippen LogP contribution in [-0.4, -0.2) is 37.1 Å². The summed E-state index contributed by atoms with van der Waals surface area (Å²) in [7, 11) is 3.79. The molecule has 1 aromatic heterocycles. The average molecular weight is 442 g/mol. The largest absolute Gasteiger partial charge is 0.497 e. The third-order valence-electron chi connectivity index (χ3n) is 6.60. The highest BCUT2D eigenvalue weighted by atomic mass is 19.1. The molecule has 5 heteroatoms. The normalized spacial score (nSPS) is 15.0. The second-order valence-electron chi connectivity index (χ2n) is 8.76. The first-order valence-electron chi connectivity index (χ1n) is 11.4. The van der Waals surface area contributed by atoms with Crippen LogP contribution < -0.4 is 10.1 Å². The van der Waals surface area contributed by atoms with Crippen LogP contribution in [0.25, 0.3) is 22.0 Å². The van der Waals surface area contributed by atoms with Crippen molar-refractivity contribution < 1.29 is 9.13 Å². The minimum absolute atomic E-state index is 0.130. The zero-order valence-electron chi connectivity index (χ0n) is 19.0. The molecule has 168 valence electrons. The number of benzene rings is 3. The summed E-state index contributed by atoms with van der Waals surface area (Å²) in [6.07, 6.45) is 3.79. The highest BCUT2D eigenvalue weighted by Gasteiger charge is 2.21. The Morgan fingerprint density at radius 2 is 1.70 bits per heavy atom. The van der Waals surface area contributed by atoms with Crippen molar-refractivity contribution in [2.24, 2.45) is 0 Å². The van der Waals surface area contributed by atoms with Gasteiger partial charge in [0.2, 0.25) is 0 Å². The summed E-state index contributed by atoms with van der Waals surface area (Å²) in [5.74, 6) is 1.00. The lowest BCUT2D eigenvalue weighted by Crippen LogP contribution is -2.29. The van der Waals surface area contributed by atoms with Crippen LogP contribution in [0.15, 0.2) is 72.9 Å². The van der Waals surface area contributed by atoms with E-state index in [0.717, 1.165) is 70.6 Å². The number of hydrogen-bond acceptors (Lipinski definition) is 4. The lowest BCUT2D eigenvalue weighted by Gasteiger charge is -2.29. The Hall–Kier alpha value is -3.44. The summed E-state index contributed by atoms with van der Waals surface area (Å²) in [6, 6.07) is 21.7. The number of rotatable bonds is 5. The number of hydrogen-bond donors (Lipinski definition) is 1. The van der Waals surface area contributed by atoms with Gasteiger partial charge in [-0.3, -0.25) is 4.98 Å². The van der Waals surface area contributed by atoms with E-state index >= 15 is 0 Å². The van der Waals surface area contributed by atoms with Gasteiger partial charge in [-0.05, 0) is 92.0 Å². The molecule has 0 unspecified atom stereocenters. The minimum Gasteiger partial charge on any atom is -0.497 e. The summed E-state index contributed by atoms with van der Waals surface area (Å²) in [5, 5.41) is 4.39. The molecule has 0 aliphatic carbocycles. The zero-order chi connectivity index (χ0) is 22.8. The van der Waals surface area contributed by atoms with E-state index in [0.29, 0.717) is 5.92 Å². The number of nitrogens with one attached hydrogen (secondary N) is 1. The van der Waals surface area contributed by atoms with Crippen molar-refractivity contribution in [3.05, 3.63) is 84.3 Å². The van der Waals surface area contributed by atoms with Crippen molar-refractivity contribution in [2.75, 3.05) is 32.6 Å². The molecule has 2 heterocycles. The number of fused-ring (bicyclic) bond motifs is 1. The molecule has 33 heavy (non-hydrogen) atoms. The maximum Gasteiger partial charge on any atom is 0.128 e. The molecule has 0 amide bonds. The van der Waals surface area contributed by atoms with Gasteiger partial charge in [-0.25, -0.2) is 4.39 Å². The van der Waals surface area contributed by atoms with Crippen LogP contribution in [0.4, 0.5) is 15.8 Å². The van der Waals surface area contributed by atoms with Crippen molar-refractivity contribution >= 4 is 22.3 Å². The number of pyridine rings is 1. The molecule has 0 atom stereocenters. The highest BCUT2D eigenvalue weighted by Crippen LogP contribution is 2.33. The van der Waals surface area contributed by atoms with Crippen LogP contribution in [0.3, 0.4) is 0 Å². The SMILES string of the molecule is COc1ccc(-c2ccc3c(Nc4ccc(C5CCN(C)CC5)c(F)c4)ccnc3c2)cc1. The van der Waals surface area contributed by atoms with E-state index in [1.165, 1.54) is 0 Å². The quantitative estimate of drug-likeness (QED) is 0.378. The third-order valence-corrected chi connectivity index (χ3v) is 6.60. The predicted molar refractivity (Wildman–Crippen MR) is 133 cm³/mol. The van der Waals surface area contributed by atoms with Crippen molar-refractivity contribution in [3.8, 4) is 16.9 Å². The molecule has 0 saturated carbocycles. The number of methoxy groups -OCH3 is 1. The van der Waals surface area contributed by atoms with Gasteiger partial charge in [-0.2, -0.15) is 0 Å². The van der Waals surface area contributed by atoms with Gasteiger partial charge in [0, 0.05) is 23.0 Å². The number of likely N-dealkylation sites (tertiary alicyclic amines) is 1. The molecule has 0 spiro atoms. The molecular formula is C28H28FN3O. The van der Waals surface area contributed by atoms with E-state index in [1.807, 2.05) is 42.5 Å². The van der Waals surface area contributed by atoms with Crippen LogP contribution >= 0.6 is 0 Å². The second-order valence-corrected chi connectivity index (χ2v) is 8.76. The molecule has 0 radical (unpaired) electrons. The van der Waals surface area contributed by atoms with E-state index in [4.69, 9.17) is 4.74 Å². The Morgan fingerprint density at radius 3 is 2.42 bits per heavy atom. The van der Waals surface area contributed by atoms with Crippen molar-refractivity contribution in [1.29, 1.82) is 0 Å². The summed E-state index contributed by atoms with van der Waals surface area (Å²) >= 11 is 0. The van der Waals surface area contributed by atoms with Gasteiger partial charge >= 0.3 is 0 Å². The fraction of sp³-hybridized carbons (Fsp3) is 0.250. The van der Waals surface area contributed by atoms with Crippen LogP contribution in [-0.2, 0) is 0 Å². The number of ether oxygens (including phenoxy) is 1. The van der Waals surface area contributed by atoms with Gasteiger partial charge in [-0.15, -0.1) is 0 Å².